The molecule has 8 aromatic rings. The molecule has 2 nitrogen and oxygen atoms in total. The number of aromatic nitrogens is 2. The Morgan fingerprint density at radius 3 is 1.86 bits per heavy atom. The van der Waals surface area contributed by atoms with Crippen LogP contribution in [0.25, 0.3) is 66.0 Å². The first kappa shape index (κ1) is 23.0. The van der Waals surface area contributed by atoms with Crippen molar-refractivity contribution in [1.82, 2.24) is 9.97 Å². The Kier molecular flexibility index (Phi) is 4.41. The zero-order chi connectivity index (χ0) is 28.1. The molecule has 2 aromatic heterocycles. The van der Waals surface area contributed by atoms with E-state index in [4.69, 9.17) is 9.97 Å². The first-order valence-electron chi connectivity index (χ1n) is 14.8. The second-order valence-electron chi connectivity index (χ2n) is 11.7. The van der Waals surface area contributed by atoms with Crippen LogP contribution in [-0.2, 0) is 5.41 Å². The molecule has 2 heteroatoms. The minimum absolute atomic E-state index is 0.476. The van der Waals surface area contributed by atoms with Gasteiger partial charge >= 0.3 is 0 Å². The fraction of sp³-hybridized carbons (Fsp3) is 0.0244. The van der Waals surface area contributed by atoms with Crippen LogP contribution in [0.3, 0.4) is 0 Å². The largest absolute Gasteiger partial charge is 0.254 e. The fourth-order valence-electron chi connectivity index (χ4n) is 8.08. The Hall–Kier alpha value is -5.60. The van der Waals surface area contributed by atoms with Gasteiger partial charge in [-0.2, -0.15) is 0 Å². The van der Waals surface area contributed by atoms with Crippen molar-refractivity contribution >= 4 is 32.6 Å². The third-order valence-electron chi connectivity index (χ3n) is 9.73. The number of fused-ring (bicyclic) bond motifs is 16. The summed E-state index contributed by atoms with van der Waals surface area (Å²) in [5, 5.41) is 4.84. The third kappa shape index (κ3) is 2.83. The highest BCUT2D eigenvalue weighted by atomic mass is 14.7. The Labute approximate surface area is 248 Å². The molecule has 0 saturated carbocycles. The van der Waals surface area contributed by atoms with Crippen molar-refractivity contribution in [2.24, 2.45) is 0 Å². The maximum absolute atomic E-state index is 4.95. The van der Waals surface area contributed by atoms with Gasteiger partial charge in [-0.05, 0) is 90.7 Å². The summed E-state index contributed by atoms with van der Waals surface area (Å²) in [5.41, 5.74) is 14.4. The molecule has 2 aliphatic rings. The average Bonchev–Trinajstić information content (AvgIpc) is 3.56. The van der Waals surface area contributed by atoms with Gasteiger partial charge in [0.2, 0.25) is 0 Å². The first-order chi connectivity index (χ1) is 21.3. The SMILES string of the molecule is c1ccc2c(c1)-c1ccc(-c3ccc4ccccc4c3)cc1C21c2ccccc2-c2c1c1cccnc1c1ncccc21. The number of hydrogen-bond acceptors (Lipinski definition) is 2. The normalized spacial score (nSPS) is 16.0. The summed E-state index contributed by atoms with van der Waals surface area (Å²) >= 11 is 0. The molecular weight excluding hydrogens is 520 g/mol. The van der Waals surface area contributed by atoms with E-state index < -0.39 is 5.41 Å². The van der Waals surface area contributed by atoms with E-state index in [1.165, 1.54) is 71.8 Å². The molecule has 6 aromatic carbocycles. The van der Waals surface area contributed by atoms with Crippen LogP contribution in [0.4, 0.5) is 0 Å². The quantitative estimate of drug-likeness (QED) is 0.192. The smallest absolute Gasteiger partial charge is 0.0970 e. The lowest BCUT2D eigenvalue weighted by atomic mass is 9.69. The highest BCUT2D eigenvalue weighted by molar-refractivity contribution is 6.17. The number of benzene rings is 6. The lowest BCUT2D eigenvalue weighted by Crippen LogP contribution is -2.26. The van der Waals surface area contributed by atoms with Crippen LogP contribution in [0.2, 0.25) is 0 Å². The topological polar surface area (TPSA) is 25.8 Å². The third-order valence-corrected chi connectivity index (χ3v) is 9.73. The summed E-state index contributed by atoms with van der Waals surface area (Å²) in [4.78, 5) is 9.83. The molecule has 198 valence electrons. The van der Waals surface area contributed by atoms with E-state index in [2.05, 4.69) is 133 Å². The van der Waals surface area contributed by atoms with E-state index in [0.29, 0.717) is 0 Å². The zero-order valence-electron chi connectivity index (χ0n) is 23.3. The molecule has 0 fully saturated rings. The van der Waals surface area contributed by atoms with Crippen molar-refractivity contribution in [3.8, 4) is 33.4 Å². The Balaban J connectivity index is 1.39. The summed E-state index contributed by atoms with van der Waals surface area (Å²) < 4.78 is 0. The highest BCUT2D eigenvalue weighted by Crippen LogP contribution is 2.65. The number of nitrogens with zero attached hydrogens (tertiary/aromatic N) is 2. The molecule has 2 heterocycles. The Morgan fingerprint density at radius 1 is 0.419 bits per heavy atom. The molecule has 1 spiro atoms. The van der Waals surface area contributed by atoms with Crippen LogP contribution in [0.1, 0.15) is 22.3 Å². The van der Waals surface area contributed by atoms with E-state index >= 15 is 0 Å². The van der Waals surface area contributed by atoms with Crippen LogP contribution in [0.5, 0.6) is 0 Å². The molecule has 1 unspecified atom stereocenters. The molecule has 10 rings (SSSR count). The number of pyridine rings is 2. The van der Waals surface area contributed by atoms with Crippen LogP contribution < -0.4 is 0 Å². The molecule has 2 aliphatic carbocycles. The van der Waals surface area contributed by atoms with Crippen molar-refractivity contribution in [3.05, 3.63) is 168 Å². The van der Waals surface area contributed by atoms with Gasteiger partial charge in [-0.15, -0.1) is 0 Å². The summed E-state index contributed by atoms with van der Waals surface area (Å²) in [6, 6.07) is 49.1. The molecular formula is C41H24N2. The van der Waals surface area contributed by atoms with E-state index in [1.807, 2.05) is 12.4 Å². The van der Waals surface area contributed by atoms with Gasteiger partial charge < -0.3 is 0 Å². The lowest BCUT2D eigenvalue weighted by molar-refractivity contribution is 0.802. The second kappa shape index (κ2) is 8.24. The van der Waals surface area contributed by atoms with Crippen molar-refractivity contribution in [3.63, 3.8) is 0 Å². The average molecular weight is 545 g/mol. The summed E-state index contributed by atoms with van der Waals surface area (Å²) in [6.45, 7) is 0. The predicted molar refractivity (Wildman–Crippen MR) is 176 cm³/mol. The molecule has 0 aliphatic heterocycles. The van der Waals surface area contributed by atoms with E-state index in [-0.39, 0.29) is 0 Å². The second-order valence-corrected chi connectivity index (χ2v) is 11.7. The molecule has 0 amide bonds. The Morgan fingerprint density at radius 2 is 1.02 bits per heavy atom. The summed E-state index contributed by atoms with van der Waals surface area (Å²) in [6.07, 6.45) is 3.78. The van der Waals surface area contributed by atoms with Crippen molar-refractivity contribution < 1.29 is 0 Å². The zero-order valence-corrected chi connectivity index (χ0v) is 23.3. The molecule has 0 bridgehead atoms. The van der Waals surface area contributed by atoms with E-state index in [0.717, 1.165) is 16.4 Å². The molecule has 0 N–H and O–H groups in total. The van der Waals surface area contributed by atoms with Gasteiger partial charge in [-0.1, -0.05) is 109 Å². The highest BCUT2D eigenvalue weighted by Gasteiger charge is 2.53. The van der Waals surface area contributed by atoms with E-state index in [1.54, 1.807) is 0 Å². The minimum atomic E-state index is -0.476. The standard InChI is InChI=1S/C41H24N2/c1-2-10-26-23-27(18-17-25(26)9-1)28-19-20-30-29-11-3-5-15-34(29)41(36(30)24-28)35-16-6-4-12-31(35)37-32-13-7-21-42-39(32)40-33(38(37)41)14-8-22-43-40/h1-24H. The Bertz CT molecular complexity index is 2470. The minimum Gasteiger partial charge on any atom is -0.254 e. The van der Waals surface area contributed by atoms with Crippen molar-refractivity contribution in [2.75, 3.05) is 0 Å². The molecule has 43 heavy (non-hydrogen) atoms. The monoisotopic (exact) mass is 544 g/mol. The van der Waals surface area contributed by atoms with Gasteiger partial charge in [-0.25, -0.2) is 0 Å². The first-order valence-corrected chi connectivity index (χ1v) is 14.8. The van der Waals surface area contributed by atoms with Crippen LogP contribution >= 0.6 is 0 Å². The van der Waals surface area contributed by atoms with E-state index in [9.17, 15) is 0 Å². The lowest BCUT2D eigenvalue weighted by Gasteiger charge is -2.31. The van der Waals surface area contributed by atoms with Gasteiger partial charge in [0.05, 0.1) is 16.4 Å². The number of rotatable bonds is 1. The molecule has 0 radical (unpaired) electrons. The van der Waals surface area contributed by atoms with Crippen LogP contribution in [-0.4, -0.2) is 9.97 Å². The van der Waals surface area contributed by atoms with Gasteiger partial charge in [0.1, 0.15) is 0 Å². The maximum Gasteiger partial charge on any atom is 0.0970 e. The number of hydrogen-bond donors (Lipinski definition) is 0. The molecule has 0 saturated heterocycles. The maximum atomic E-state index is 4.95. The van der Waals surface area contributed by atoms with Crippen LogP contribution in [0.15, 0.2) is 146 Å². The van der Waals surface area contributed by atoms with Crippen molar-refractivity contribution in [1.29, 1.82) is 0 Å². The summed E-state index contributed by atoms with van der Waals surface area (Å²) in [5.74, 6) is 0. The van der Waals surface area contributed by atoms with Gasteiger partial charge in [-0.3, -0.25) is 9.97 Å². The van der Waals surface area contributed by atoms with Gasteiger partial charge in [0.25, 0.3) is 0 Å². The fourth-order valence-corrected chi connectivity index (χ4v) is 8.08. The van der Waals surface area contributed by atoms with Crippen molar-refractivity contribution in [2.45, 2.75) is 5.41 Å². The van der Waals surface area contributed by atoms with Gasteiger partial charge in [0.15, 0.2) is 0 Å². The molecule has 1 atom stereocenters. The predicted octanol–water partition coefficient (Wildman–Crippen LogP) is 9.95. The summed E-state index contributed by atoms with van der Waals surface area (Å²) in [7, 11) is 0. The van der Waals surface area contributed by atoms with Crippen LogP contribution in [0, 0.1) is 0 Å². The van der Waals surface area contributed by atoms with Gasteiger partial charge in [0, 0.05) is 23.2 Å².